The van der Waals surface area contributed by atoms with E-state index in [-0.39, 0.29) is 22.2 Å². The lowest BCUT2D eigenvalue weighted by Crippen LogP contribution is -2.12. The highest BCUT2D eigenvalue weighted by molar-refractivity contribution is 6.01. The lowest BCUT2D eigenvalue weighted by atomic mass is 10.1. The average molecular weight is 387 g/mol. The molecule has 5 nitrogen and oxygen atoms in total. The molecule has 0 atom stereocenters. The van der Waals surface area contributed by atoms with Gasteiger partial charge in [0.25, 0.3) is 0 Å². The lowest BCUT2D eigenvalue weighted by Gasteiger charge is -2.08. The van der Waals surface area contributed by atoms with E-state index in [4.69, 9.17) is 9.68 Å². The van der Waals surface area contributed by atoms with Gasteiger partial charge in [0.2, 0.25) is 5.82 Å². The Kier molecular flexibility index (Phi) is 3.75. The van der Waals surface area contributed by atoms with Gasteiger partial charge in [-0.15, -0.1) is 0 Å². The highest BCUT2D eigenvalue weighted by Gasteiger charge is 2.38. The summed E-state index contributed by atoms with van der Waals surface area (Å²) in [6.45, 7) is 0. The molecule has 2 aromatic carbocycles. The van der Waals surface area contributed by atoms with Crippen molar-refractivity contribution in [1.82, 2.24) is 9.55 Å². The molecule has 28 heavy (non-hydrogen) atoms. The van der Waals surface area contributed by atoms with Gasteiger partial charge in [-0.2, -0.15) is 18.4 Å². The zero-order chi connectivity index (χ0) is 20.2. The first-order chi connectivity index (χ1) is 13.2. The lowest BCUT2D eigenvalue weighted by molar-refractivity contribution is -0.146. The summed E-state index contributed by atoms with van der Waals surface area (Å²) in [5.74, 6) is -2.28. The minimum absolute atomic E-state index is 0.0738. The Hall–Kier alpha value is -3.67. The third-order valence-electron chi connectivity index (χ3n) is 4.34. The van der Waals surface area contributed by atoms with Crippen LogP contribution in [0.1, 0.15) is 11.4 Å². The summed E-state index contributed by atoms with van der Waals surface area (Å²) in [5, 5.41) is 8.67. The van der Waals surface area contributed by atoms with Crippen molar-refractivity contribution in [3.05, 3.63) is 63.8 Å². The Labute approximate surface area is 154 Å². The number of aromatic nitrogens is 2. The van der Waals surface area contributed by atoms with Crippen LogP contribution >= 0.6 is 0 Å². The van der Waals surface area contributed by atoms with Crippen molar-refractivity contribution >= 4 is 22.0 Å². The van der Waals surface area contributed by atoms with Gasteiger partial charge in [0.15, 0.2) is 16.8 Å². The summed E-state index contributed by atoms with van der Waals surface area (Å²) in [6.07, 6.45) is -4.81. The van der Waals surface area contributed by atoms with Crippen LogP contribution in [0.4, 0.5) is 17.6 Å². The first-order valence-corrected chi connectivity index (χ1v) is 7.91. The van der Waals surface area contributed by atoms with Gasteiger partial charge in [0.1, 0.15) is 16.8 Å². The molecule has 140 valence electrons. The van der Waals surface area contributed by atoms with E-state index in [1.165, 1.54) is 24.3 Å². The van der Waals surface area contributed by atoms with Crippen LogP contribution in [0, 0.1) is 17.1 Å². The number of fused-ring (bicyclic) bond motifs is 3. The van der Waals surface area contributed by atoms with E-state index in [9.17, 15) is 22.4 Å². The fourth-order valence-corrected chi connectivity index (χ4v) is 3.04. The largest absolute Gasteiger partial charge is 0.454 e. The van der Waals surface area contributed by atoms with Crippen LogP contribution in [-0.2, 0) is 13.2 Å². The van der Waals surface area contributed by atoms with Gasteiger partial charge < -0.3 is 8.98 Å². The molecule has 0 spiro atoms. The average Bonchev–Trinajstić information content (AvgIpc) is 3.01. The second-order valence-electron chi connectivity index (χ2n) is 6.09. The minimum atomic E-state index is -4.81. The smallest absolute Gasteiger partial charge is 0.449 e. The monoisotopic (exact) mass is 387 g/mol. The fraction of sp³-hybridized carbons (Fsp3) is 0.105. The molecule has 0 saturated carbocycles. The van der Waals surface area contributed by atoms with E-state index in [0.717, 1.165) is 19.2 Å². The molecule has 0 bridgehead atoms. The molecular formula is C19H9F4N3O2. The topological polar surface area (TPSA) is 71.8 Å². The van der Waals surface area contributed by atoms with Gasteiger partial charge in [-0.05, 0) is 30.3 Å². The Morgan fingerprint density at radius 1 is 1.18 bits per heavy atom. The van der Waals surface area contributed by atoms with E-state index < -0.39 is 28.8 Å². The molecule has 4 aromatic rings. The Morgan fingerprint density at radius 2 is 1.86 bits per heavy atom. The van der Waals surface area contributed by atoms with Crippen molar-refractivity contribution in [1.29, 1.82) is 5.26 Å². The van der Waals surface area contributed by atoms with Gasteiger partial charge in [-0.1, -0.05) is 0 Å². The van der Waals surface area contributed by atoms with Gasteiger partial charge in [0, 0.05) is 18.7 Å². The van der Waals surface area contributed by atoms with E-state index in [2.05, 4.69) is 4.98 Å². The predicted octanol–water partition coefficient (Wildman–Crippen LogP) is 4.38. The van der Waals surface area contributed by atoms with Crippen molar-refractivity contribution in [2.45, 2.75) is 6.18 Å². The van der Waals surface area contributed by atoms with Crippen molar-refractivity contribution in [2.75, 3.05) is 0 Å². The molecule has 0 aliphatic carbocycles. The van der Waals surface area contributed by atoms with Crippen LogP contribution < -0.4 is 5.43 Å². The van der Waals surface area contributed by atoms with Crippen LogP contribution in [-0.4, -0.2) is 9.55 Å². The number of hydrogen-bond acceptors (Lipinski definition) is 4. The molecule has 0 unspecified atom stereocenters. The first-order valence-electron chi connectivity index (χ1n) is 7.91. The highest BCUT2D eigenvalue weighted by Crippen LogP contribution is 2.35. The maximum Gasteiger partial charge on any atom is 0.449 e. The number of rotatable bonds is 1. The molecular weight excluding hydrogens is 378 g/mol. The number of hydrogen-bond donors (Lipinski definition) is 0. The zero-order valence-corrected chi connectivity index (χ0v) is 14.1. The molecule has 0 fully saturated rings. The van der Waals surface area contributed by atoms with E-state index >= 15 is 0 Å². The Bertz CT molecular complexity index is 1340. The van der Waals surface area contributed by atoms with Crippen molar-refractivity contribution < 1.29 is 22.0 Å². The Balaban J connectivity index is 2.09. The normalized spacial score (nSPS) is 11.9. The van der Waals surface area contributed by atoms with Crippen LogP contribution in [0.2, 0.25) is 0 Å². The molecule has 0 aliphatic rings. The number of halogens is 4. The molecule has 0 saturated heterocycles. The molecule has 0 N–H and O–H groups in total. The summed E-state index contributed by atoms with van der Waals surface area (Å²) >= 11 is 0. The number of imidazole rings is 1. The van der Waals surface area contributed by atoms with Gasteiger partial charge in [-0.3, -0.25) is 4.79 Å². The standard InChI is InChI=1S/C19H9F4N3O2/c1-26-16-15(25-18(26)19(21,22)23)12(20)6-11-13(27)7-14(28-17(11)16)10-4-2-9(8-24)3-5-10/h2-7H,1H3. The molecule has 2 heterocycles. The molecule has 9 heteroatoms. The Morgan fingerprint density at radius 3 is 2.46 bits per heavy atom. The number of nitrogens with zero attached hydrogens (tertiary/aromatic N) is 3. The van der Waals surface area contributed by atoms with E-state index in [1.807, 2.05) is 6.07 Å². The summed E-state index contributed by atoms with van der Waals surface area (Å²) in [4.78, 5) is 15.8. The highest BCUT2D eigenvalue weighted by atomic mass is 19.4. The number of aryl methyl sites for hydroxylation is 1. The summed E-state index contributed by atoms with van der Waals surface area (Å²) in [7, 11) is 1.07. The quantitative estimate of drug-likeness (QED) is 0.455. The van der Waals surface area contributed by atoms with Crippen molar-refractivity contribution in [2.24, 2.45) is 7.05 Å². The second kappa shape index (κ2) is 5.92. The molecule has 0 radical (unpaired) electrons. The van der Waals surface area contributed by atoms with Gasteiger partial charge >= 0.3 is 6.18 Å². The first kappa shape index (κ1) is 17.7. The molecule has 4 rings (SSSR count). The predicted molar refractivity (Wildman–Crippen MR) is 91.9 cm³/mol. The molecule has 0 aliphatic heterocycles. The van der Waals surface area contributed by atoms with Crippen LogP contribution in [0.25, 0.3) is 33.3 Å². The molecule has 2 aromatic heterocycles. The van der Waals surface area contributed by atoms with Crippen LogP contribution in [0.15, 0.2) is 45.6 Å². The maximum absolute atomic E-state index is 14.3. The van der Waals surface area contributed by atoms with Crippen molar-refractivity contribution in [3.8, 4) is 17.4 Å². The van der Waals surface area contributed by atoms with Gasteiger partial charge in [0.05, 0.1) is 17.0 Å². The minimum Gasteiger partial charge on any atom is -0.454 e. The third kappa shape index (κ3) is 2.62. The van der Waals surface area contributed by atoms with Crippen molar-refractivity contribution in [3.63, 3.8) is 0 Å². The fourth-order valence-electron chi connectivity index (χ4n) is 3.04. The summed E-state index contributed by atoms with van der Waals surface area (Å²) in [5.41, 5.74) is -0.797. The van der Waals surface area contributed by atoms with E-state index in [0.29, 0.717) is 15.7 Å². The SMILES string of the molecule is Cn1c(C(F)(F)F)nc2c(F)cc3c(=O)cc(-c4ccc(C#N)cc4)oc3c21. The van der Waals surface area contributed by atoms with Gasteiger partial charge in [-0.25, -0.2) is 9.37 Å². The van der Waals surface area contributed by atoms with Crippen LogP contribution in [0.3, 0.4) is 0 Å². The maximum atomic E-state index is 14.3. The zero-order valence-electron chi connectivity index (χ0n) is 14.1. The van der Waals surface area contributed by atoms with E-state index in [1.54, 1.807) is 0 Å². The number of nitriles is 1. The number of alkyl halides is 3. The summed E-state index contributed by atoms with van der Waals surface area (Å²) < 4.78 is 60.3. The third-order valence-corrected chi connectivity index (χ3v) is 4.34. The second-order valence-corrected chi connectivity index (χ2v) is 6.09. The van der Waals surface area contributed by atoms with Crippen LogP contribution in [0.5, 0.6) is 0 Å². The summed E-state index contributed by atoms with van der Waals surface area (Å²) in [6, 6.07) is 9.97. The number of benzene rings is 2. The molecule has 0 amide bonds.